The van der Waals surface area contributed by atoms with Gasteiger partial charge in [-0.05, 0) is 26.0 Å². The lowest BCUT2D eigenvalue weighted by molar-refractivity contribution is -0.117. The Kier molecular flexibility index (Phi) is 5.24. The molecular formula is C29H26N2O4. The number of rotatable bonds is 6. The largest absolute Gasteiger partial charge is 0.492 e. The smallest absolute Gasteiger partial charge is 0.232 e. The molecule has 0 amide bonds. The zero-order chi connectivity index (χ0) is 24.9. The fourth-order valence-electron chi connectivity index (χ4n) is 4.77. The van der Waals surface area contributed by atoms with Crippen molar-refractivity contribution in [1.29, 1.82) is 0 Å². The molecule has 2 aromatic heterocycles. The molecule has 0 unspecified atom stereocenters. The highest BCUT2D eigenvalue weighted by molar-refractivity contribution is 6.48. The molecule has 2 aromatic carbocycles. The van der Waals surface area contributed by atoms with Gasteiger partial charge < -0.3 is 19.0 Å². The molecule has 35 heavy (non-hydrogen) atoms. The molecule has 5 rings (SSSR count). The monoisotopic (exact) mass is 466 g/mol. The number of hydrogen-bond acceptors (Lipinski definition) is 4. The van der Waals surface area contributed by atoms with Gasteiger partial charge in [0.2, 0.25) is 11.6 Å². The topological polar surface area (TPSA) is 73.3 Å². The number of methoxy groups -OCH3 is 2. The van der Waals surface area contributed by atoms with E-state index in [0.717, 1.165) is 21.8 Å². The van der Waals surface area contributed by atoms with Crippen molar-refractivity contribution in [2.45, 2.75) is 19.4 Å². The molecule has 6 nitrogen and oxygen atoms in total. The van der Waals surface area contributed by atoms with E-state index in [2.05, 4.69) is 11.6 Å². The number of allylic oxidation sites excluding steroid dienone is 3. The highest BCUT2D eigenvalue weighted by atomic mass is 16.5. The van der Waals surface area contributed by atoms with E-state index in [1.807, 2.05) is 79.2 Å². The normalized spacial score (nSPS) is 14.9. The minimum Gasteiger partial charge on any atom is -0.492 e. The van der Waals surface area contributed by atoms with Crippen LogP contribution in [-0.2, 0) is 24.6 Å². The summed E-state index contributed by atoms with van der Waals surface area (Å²) < 4.78 is 13.3. The van der Waals surface area contributed by atoms with Crippen LogP contribution in [0.2, 0.25) is 0 Å². The van der Waals surface area contributed by atoms with Crippen LogP contribution in [0.15, 0.2) is 85.1 Å². The van der Waals surface area contributed by atoms with Crippen molar-refractivity contribution in [3.63, 3.8) is 0 Å². The summed E-state index contributed by atoms with van der Waals surface area (Å²) in [5.74, 6) is -0.808. The third kappa shape index (κ3) is 3.25. The quantitative estimate of drug-likeness (QED) is 0.296. The Hall–Kier alpha value is -4.32. The summed E-state index contributed by atoms with van der Waals surface area (Å²) in [4.78, 5) is 31.0. The average molecular weight is 467 g/mol. The van der Waals surface area contributed by atoms with Gasteiger partial charge in [-0.1, -0.05) is 42.5 Å². The van der Waals surface area contributed by atoms with Crippen LogP contribution in [0.3, 0.4) is 0 Å². The first-order valence-electron chi connectivity index (χ1n) is 11.3. The lowest BCUT2D eigenvalue weighted by Gasteiger charge is -2.24. The van der Waals surface area contributed by atoms with E-state index in [1.165, 1.54) is 14.2 Å². The minimum absolute atomic E-state index is 0.00427. The van der Waals surface area contributed by atoms with Crippen molar-refractivity contribution >= 4 is 44.5 Å². The van der Waals surface area contributed by atoms with Crippen molar-refractivity contribution in [1.82, 2.24) is 9.55 Å². The Morgan fingerprint density at radius 2 is 1.43 bits per heavy atom. The number of para-hydroxylation sites is 2. The minimum atomic E-state index is -0.428. The molecule has 0 spiro atoms. The molecule has 0 saturated carbocycles. The van der Waals surface area contributed by atoms with Gasteiger partial charge in [0.05, 0.1) is 30.9 Å². The van der Waals surface area contributed by atoms with Gasteiger partial charge in [-0.3, -0.25) is 9.59 Å². The number of benzene rings is 2. The van der Waals surface area contributed by atoms with E-state index in [0.29, 0.717) is 11.1 Å². The van der Waals surface area contributed by atoms with E-state index < -0.39 is 17.1 Å². The zero-order valence-electron chi connectivity index (χ0n) is 20.1. The second-order valence-electron chi connectivity index (χ2n) is 9.01. The van der Waals surface area contributed by atoms with Crippen LogP contribution in [0.25, 0.3) is 33.0 Å². The third-order valence-electron chi connectivity index (χ3n) is 6.69. The van der Waals surface area contributed by atoms with Crippen LogP contribution in [0.1, 0.15) is 25.0 Å². The number of fused-ring (bicyclic) bond motifs is 2. The van der Waals surface area contributed by atoms with Gasteiger partial charge >= 0.3 is 0 Å². The number of aromatic amines is 1. The summed E-state index contributed by atoms with van der Waals surface area (Å²) in [6.45, 7) is 8.04. The van der Waals surface area contributed by atoms with E-state index in [1.54, 1.807) is 6.20 Å². The predicted octanol–water partition coefficient (Wildman–Crippen LogP) is 5.61. The molecule has 6 heteroatoms. The number of hydrogen-bond donors (Lipinski definition) is 1. The predicted molar refractivity (Wildman–Crippen MR) is 138 cm³/mol. The van der Waals surface area contributed by atoms with Crippen LogP contribution in [-0.4, -0.2) is 35.3 Å². The number of nitrogens with one attached hydrogen (secondary N) is 1. The van der Waals surface area contributed by atoms with Crippen LogP contribution in [0.5, 0.6) is 0 Å². The molecule has 0 saturated heterocycles. The first-order valence-corrected chi connectivity index (χ1v) is 11.3. The summed E-state index contributed by atoms with van der Waals surface area (Å²) in [7, 11) is 2.83. The van der Waals surface area contributed by atoms with Gasteiger partial charge in [0.15, 0.2) is 11.5 Å². The van der Waals surface area contributed by atoms with Gasteiger partial charge in [-0.2, -0.15) is 0 Å². The van der Waals surface area contributed by atoms with Crippen LogP contribution in [0, 0.1) is 0 Å². The molecule has 0 aliphatic heterocycles. The Bertz CT molecular complexity index is 1590. The van der Waals surface area contributed by atoms with Gasteiger partial charge in [-0.25, -0.2) is 0 Å². The number of nitrogens with zero attached hydrogens (tertiary/aromatic N) is 1. The highest BCUT2D eigenvalue weighted by Gasteiger charge is 2.40. The maximum atomic E-state index is 14.0. The number of aromatic nitrogens is 2. The number of H-pyrrole nitrogens is 1. The fraction of sp³-hybridized carbons (Fsp3) is 0.172. The summed E-state index contributed by atoms with van der Waals surface area (Å²) >= 11 is 0. The Morgan fingerprint density at radius 1 is 0.857 bits per heavy atom. The molecule has 176 valence electrons. The summed E-state index contributed by atoms with van der Waals surface area (Å²) in [5, 5.41) is 1.65. The average Bonchev–Trinajstić information content (AvgIpc) is 3.47. The number of carbonyl (C=O) groups is 2. The van der Waals surface area contributed by atoms with E-state index in [9.17, 15) is 9.59 Å². The van der Waals surface area contributed by atoms with E-state index >= 15 is 0 Å². The highest BCUT2D eigenvalue weighted by Crippen LogP contribution is 2.41. The molecular weight excluding hydrogens is 440 g/mol. The van der Waals surface area contributed by atoms with E-state index in [4.69, 9.17) is 9.47 Å². The number of ether oxygens (including phenoxy) is 2. The Labute approximate surface area is 203 Å². The maximum absolute atomic E-state index is 14.0. The van der Waals surface area contributed by atoms with Crippen LogP contribution in [0.4, 0.5) is 0 Å². The lowest BCUT2D eigenvalue weighted by Crippen LogP contribution is -2.25. The van der Waals surface area contributed by atoms with Gasteiger partial charge in [-0.15, -0.1) is 6.58 Å². The second kappa shape index (κ2) is 8.17. The molecule has 1 aliphatic rings. The van der Waals surface area contributed by atoms with Gasteiger partial charge in [0.1, 0.15) is 0 Å². The zero-order valence-corrected chi connectivity index (χ0v) is 20.1. The van der Waals surface area contributed by atoms with Crippen LogP contribution < -0.4 is 0 Å². The van der Waals surface area contributed by atoms with Crippen molar-refractivity contribution in [3.8, 4) is 0 Å². The van der Waals surface area contributed by atoms with Crippen molar-refractivity contribution < 1.29 is 19.1 Å². The Morgan fingerprint density at radius 3 is 2.06 bits per heavy atom. The van der Waals surface area contributed by atoms with Gasteiger partial charge in [0.25, 0.3) is 0 Å². The lowest BCUT2D eigenvalue weighted by atomic mass is 9.86. The number of ketones is 2. The second-order valence-corrected chi connectivity index (χ2v) is 9.01. The molecule has 1 N–H and O–H groups in total. The molecule has 1 aliphatic carbocycles. The third-order valence-corrected chi connectivity index (χ3v) is 6.69. The van der Waals surface area contributed by atoms with Gasteiger partial charge in [0, 0.05) is 45.3 Å². The molecule has 0 radical (unpaired) electrons. The molecule has 0 bridgehead atoms. The Balaban J connectivity index is 1.78. The SMILES string of the molecule is C=CC(C)(C)n1cc(C2=C(OC)C(=O)C(c3c[nH]c4ccccc34)=C(OC)C2=O)c2ccccc21. The molecule has 2 heterocycles. The summed E-state index contributed by atoms with van der Waals surface area (Å²) in [6.07, 6.45) is 5.45. The maximum Gasteiger partial charge on any atom is 0.232 e. The standard InChI is InChI=1S/C29H26N2O4/c1-6-29(2,3)31-16-20(18-12-8-10-14-22(18)31)24-26(33)27(34-4)23(25(32)28(24)35-5)19-15-30-21-13-9-7-11-17(19)21/h6-16,30H,1H2,2-5H3. The fourth-order valence-corrected chi connectivity index (χ4v) is 4.77. The first kappa shape index (κ1) is 22.5. The van der Waals surface area contributed by atoms with Crippen molar-refractivity contribution in [2.24, 2.45) is 0 Å². The first-order chi connectivity index (χ1) is 16.8. The van der Waals surface area contributed by atoms with Crippen molar-refractivity contribution in [3.05, 3.63) is 96.2 Å². The number of Topliss-reactive ketones (excluding diaryl/α,β-unsaturated/α-hetero) is 2. The molecule has 0 atom stereocenters. The van der Waals surface area contributed by atoms with E-state index in [-0.39, 0.29) is 22.7 Å². The molecule has 4 aromatic rings. The summed E-state index contributed by atoms with van der Waals surface area (Å²) in [6, 6.07) is 15.4. The molecule has 0 fully saturated rings. The number of carbonyl (C=O) groups excluding carboxylic acids is 2. The summed E-state index contributed by atoms with van der Waals surface area (Å²) in [5.41, 5.74) is 2.93. The van der Waals surface area contributed by atoms with Crippen LogP contribution >= 0.6 is 0 Å². The van der Waals surface area contributed by atoms with Crippen molar-refractivity contribution in [2.75, 3.05) is 14.2 Å².